The SMILES string of the molecule is CCN(C)CC(C)NCc1cccc(F)c1Cl. The number of likely N-dealkylation sites (N-methyl/N-ethyl adjacent to an activating group) is 1. The van der Waals surface area contributed by atoms with E-state index in [0.717, 1.165) is 18.7 Å². The first-order valence-electron chi connectivity index (χ1n) is 5.89. The average molecular weight is 259 g/mol. The molecule has 1 N–H and O–H groups in total. The molecule has 0 fully saturated rings. The van der Waals surface area contributed by atoms with Crippen molar-refractivity contribution in [2.24, 2.45) is 0 Å². The molecule has 1 aromatic carbocycles. The molecule has 0 bridgehead atoms. The normalized spacial score (nSPS) is 13.1. The van der Waals surface area contributed by atoms with E-state index in [4.69, 9.17) is 11.6 Å². The van der Waals surface area contributed by atoms with Crippen LogP contribution in [0.25, 0.3) is 0 Å². The van der Waals surface area contributed by atoms with Gasteiger partial charge in [-0.1, -0.05) is 30.7 Å². The van der Waals surface area contributed by atoms with Crippen LogP contribution in [0.15, 0.2) is 18.2 Å². The molecule has 0 saturated heterocycles. The maximum absolute atomic E-state index is 13.2. The topological polar surface area (TPSA) is 15.3 Å². The molecule has 4 heteroatoms. The van der Waals surface area contributed by atoms with Crippen molar-refractivity contribution in [3.63, 3.8) is 0 Å². The number of hydrogen-bond acceptors (Lipinski definition) is 2. The molecule has 1 rings (SSSR count). The lowest BCUT2D eigenvalue weighted by Crippen LogP contribution is -2.37. The molecular formula is C13H20ClFN2. The fraction of sp³-hybridized carbons (Fsp3) is 0.538. The van der Waals surface area contributed by atoms with Gasteiger partial charge in [0.1, 0.15) is 5.82 Å². The minimum Gasteiger partial charge on any atom is -0.309 e. The molecule has 1 unspecified atom stereocenters. The molecule has 0 radical (unpaired) electrons. The summed E-state index contributed by atoms with van der Waals surface area (Å²) in [5, 5.41) is 3.56. The van der Waals surface area contributed by atoms with Crippen LogP contribution in [0.2, 0.25) is 5.02 Å². The molecule has 0 heterocycles. The Kier molecular flexibility index (Phi) is 5.89. The van der Waals surface area contributed by atoms with Gasteiger partial charge in [-0.25, -0.2) is 4.39 Å². The summed E-state index contributed by atoms with van der Waals surface area (Å²) in [6.07, 6.45) is 0. The fourth-order valence-corrected chi connectivity index (χ4v) is 1.82. The van der Waals surface area contributed by atoms with Gasteiger partial charge in [0.15, 0.2) is 0 Å². The highest BCUT2D eigenvalue weighted by molar-refractivity contribution is 6.31. The van der Waals surface area contributed by atoms with Crippen LogP contribution in [0.4, 0.5) is 4.39 Å². The minimum absolute atomic E-state index is 0.219. The number of rotatable bonds is 6. The molecule has 0 amide bonds. The molecule has 2 nitrogen and oxygen atoms in total. The quantitative estimate of drug-likeness (QED) is 0.844. The average Bonchev–Trinajstić information content (AvgIpc) is 2.31. The lowest BCUT2D eigenvalue weighted by molar-refractivity contribution is 0.309. The van der Waals surface area contributed by atoms with E-state index in [1.807, 2.05) is 6.07 Å². The summed E-state index contributed by atoms with van der Waals surface area (Å²) in [7, 11) is 2.08. The van der Waals surface area contributed by atoms with Crippen molar-refractivity contribution in [2.75, 3.05) is 20.1 Å². The second-order valence-corrected chi connectivity index (χ2v) is 4.73. The molecule has 96 valence electrons. The van der Waals surface area contributed by atoms with E-state index in [9.17, 15) is 4.39 Å². The third-order valence-electron chi connectivity index (χ3n) is 2.80. The molecule has 0 aliphatic carbocycles. The van der Waals surface area contributed by atoms with E-state index < -0.39 is 0 Å². The molecule has 0 aromatic heterocycles. The minimum atomic E-state index is -0.357. The van der Waals surface area contributed by atoms with Crippen LogP contribution in [-0.4, -0.2) is 31.1 Å². The van der Waals surface area contributed by atoms with E-state index in [-0.39, 0.29) is 10.8 Å². The maximum Gasteiger partial charge on any atom is 0.142 e. The monoisotopic (exact) mass is 258 g/mol. The Labute approximate surface area is 108 Å². The van der Waals surface area contributed by atoms with Crippen molar-refractivity contribution < 1.29 is 4.39 Å². The summed E-state index contributed by atoms with van der Waals surface area (Å²) in [6.45, 7) is 6.81. The Hall–Kier alpha value is -0.640. The van der Waals surface area contributed by atoms with Crippen molar-refractivity contribution >= 4 is 11.6 Å². The van der Waals surface area contributed by atoms with Crippen LogP contribution in [0.5, 0.6) is 0 Å². The van der Waals surface area contributed by atoms with Crippen LogP contribution in [0.1, 0.15) is 19.4 Å². The standard InChI is InChI=1S/C13H20ClFN2/c1-4-17(3)9-10(2)16-8-11-6-5-7-12(15)13(11)14/h5-7,10,16H,4,8-9H2,1-3H3. The van der Waals surface area contributed by atoms with Gasteiger partial charge in [0.25, 0.3) is 0 Å². The summed E-state index contributed by atoms with van der Waals surface area (Å²) < 4.78 is 13.2. The van der Waals surface area contributed by atoms with Gasteiger partial charge >= 0.3 is 0 Å². The van der Waals surface area contributed by atoms with Crippen molar-refractivity contribution in [1.82, 2.24) is 10.2 Å². The Morgan fingerprint density at radius 1 is 1.47 bits per heavy atom. The third kappa shape index (κ3) is 4.62. The first-order valence-corrected chi connectivity index (χ1v) is 6.27. The van der Waals surface area contributed by atoms with Crippen molar-refractivity contribution in [3.8, 4) is 0 Å². The zero-order valence-electron chi connectivity index (χ0n) is 10.6. The molecule has 0 aliphatic rings. The predicted octanol–water partition coefficient (Wildman–Crippen LogP) is 2.91. The highest BCUT2D eigenvalue weighted by Crippen LogP contribution is 2.19. The Balaban J connectivity index is 2.47. The fourth-order valence-electron chi connectivity index (χ4n) is 1.63. The van der Waals surface area contributed by atoms with Crippen molar-refractivity contribution in [3.05, 3.63) is 34.6 Å². The summed E-state index contributed by atoms with van der Waals surface area (Å²) in [5.41, 5.74) is 0.803. The summed E-state index contributed by atoms with van der Waals surface area (Å²) >= 11 is 5.88. The molecule has 1 aromatic rings. The largest absolute Gasteiger partial charge is 0.309 e. The number of benzene rings is 1. The molecule has 0 aliphatic heterocycles. The second-order valence-electron chi connectivity index (χ2n) is 4.35. The maximum atomic E-state index is 13.2. The third-order valence-corrected chi connectivity index (χ3v) is 3.22. The van der Waals surface area contributed by atoms with Crippen molar-refractivity contribution in [1.29, 1.82) is 0 Å². The number of hydrogen-bond donors (Lipinski definition) is 1. The van der Waals surface area contributed by atoms with Crippen LogP contribution in [0, 0.1) is 5.82 Å². The van der Waals surface area contributed by atoms with Gasteiger partial charge in [0.05, 0.1) is 5.02 Å². The van der Waals surface area contributed by atoms with Crippen LogP contribution < -0.4 is 5.32 Å². The lowest BCUT2D eigenvalue weighted by atomic mass is 10.2. The molecule has 1 atom stereocenters. The highest BCUT2D eigenvalue weighted by Gasteiger charge is 2.08. The lowest BCUT2D eigenvalue weighted by Gasteiger charge is -2.21. The van der Waals surface area contributed by atoms with Gasteiger partial charge in [0.2, 0.25) is 0 Å². The van der Waals surface area contributed by atoms with Gasteiger partial charge in [-0.05, 0) is 32.1 Å². The van der Waals surface area contributed by atoms with E-state index in [0.29, 0.717) is 12.6 Å². The zero-order valence-corrected chi connectivity index (χ0v) is 11.4. The predicted molar refractivity (Wildman–Crippen MR) is 70.9 cm³/mol. The van der Waals surface area contributed by atoms with Crippen LogP contribution in [-0.2, 0) is 6.54 Å². The van der Waals surface area contributed by atoms with Crippen molar-refractivity contribution in [2.45, 2.75) is 26.4 Å². The highest BCUT2D eigenvalue weighted by atomic mass is 35.5. The van der Waals surface area contributed by atoms with Crippen LogP contribution >= 0.6 is 11.6 Å². The second kappa shape index (κ2) is 6.94. The van der Waals surface area contributed by atoms with E-state index >= 15 is 0 Å². The van der Waals surface area contributed by atoms with Gasteiger partial charge in [0, 0.05) is 19.1 Å². The number of nitrogens with zero attached hydrogens (tertiary/aromatic N) is 1. The molecular weight excluding hydrogens is 239 g/mol. The molecule has 0 saturated carbocycles. The Morgan fingerprint density at radius 2 is 2.18 bits per heavy atom. The van der Waals surface area contributed by atoms with E-state index in [2.05, 4.69) is 31.1 Å². The summed E-state index contributed by atoms with van der Waals surface area (Å²) in [6, 6.07) is 5.25. The van der Waals surface area contributed by atoms with Gasteiger partial charge in [-0.2, -0.15) is 0 Å². The van der Waals surface area contributed by atoms with Gasteiger partial charge < -0.3 is 10.2 Å². The first-order chi connectivity index (χ1) is 8.04. The van der Waals surface area contributed by atoms with Crippen LogP contribution in [0.3, 0.4) is 0 Å². The Morgan fingerprint density at radius 3 is 2.82 bits per heavy atom. The van der Waals surface area contributed by atoms with Gasteiger partial charge in [-0.15, -0.1) is 0 Å². The Bertz CT molecular complexity index is 357. The van der Waals surface area contributed by atoms with Gasteiger partial charge in [-0.3, -0.25) is 0 Å². The summed E-state index contributed by atoms with van der Waals surface area (Å²) in [4.78, 5) is 2.23. The smallest absolute Gasteiger partial charge is 0.142 e. The molecule has 0 spiro atoms. The van der Waals surface area contributed by atoms with E-state index in [1.165, 1.54) is 6.07 Å². The number of nitrogens with one attached hydrogen (secondary N) is 1. The molecule has 17 heavy (non-hydrogen) atoms. The van der Waals surface area contributed by atoms with E-state index in [1.54, 1.807) is 6.07 Å². The summed E-state index contributed by atoms with van der Waals surface area (Å²) in [5.74, 6) is -0.357. The number of halogens is 2. The zero-order chi connectivity index (χ0) is 12.8. The first kappa shape index (κ1) is 14.4.